The molecule has 0 saturated heterocycles. The first-order chi connectivity index (χ1) is 7.71. The Balaban J connectivity index is 3.59. The average molecular weight is 309 g/mol. The normalized spacial score (nSPS) is 12.0. The molecule has 0 fully saturated rings. The Kier molecular flexibility index (Phi) is 5.17. The van der Waals surface area contributed by atoms with Gasteiger partial charge in [0.05, 0.1) is 0 Å². The molecule has 0 heterocycles. The van der Waals surface area contributed by atoms with E-state index in [9.17, 15) is 0 Å². The fourth-order valence-corrected chi connectivity index (χ4v) is 4.79. The van der Waals surface area contributed by atoms with Gasteiger partial charge in [-0.15, -0.1) is 0 Å². The Hall–Kier alpha value is 0.500. The summed E-state index contributed by atoms with van der Waals surface area (Å²) in [4.78, 5) is 1.19. The summed E-state index contributed by atoms with van der Waals surface area (Å²) >= 11 is 13.0. The summed E-state index contributed by atoms with van der Waals surface area (Å²) in [6.07, 6.45) is 2.06. The molecule has 96 valence electrons. The molecule has 0 unspecified atom stereocenters. The third-order valence-corrected chi connectivity index (χ3v) is 5.59. The summed E-state index contributed by atoms with van der Waals surface area (Å²) in [6.45, 7) is 10.6. The van der Waals surface area contributed by atoms with Crippen LogP contribution in [0.15, 0.2) is 4.90 Å². The maximum absolute atomic E-state index is 6.49. The minimum atomic E-state index is -0.0355. The lowest BCUT2D eigenvalue weighted by Gasteiger charge is -2.26. The van der Waals surface area contributed by atoms with Gasteiger partial charge in [0.2, 0.25) is 0 Å². The average Bonchev–Trinajstić information content (AvgIpc) is 2.20. The van der Waals surface area contributed by atoms with Gasteiger partial charge in [-0.25, -0.2) is 0 Å². The van der Waals surface area contributed by atoms with Crippen LogP contribution in [0.25, 0.3) is 0 Å². The van der Waals surface area contributed by atoms with Crippen LogP contribution in [-0.4, -0.2) is 6.26 Å². The van der Waals surface area contributed by atoms with Crippen molar-refractivity contribution >= 4 is 44.8 Å². The number of rotatable bonds is 2. The van der Waals surface area contributed by atoms with Crippen LogP contribution < -0.4 is 0 Å². The highest BCUT2D eigenvalue weighted by molar-refractivity contribution is 8.76. The molecule has 0 spiro atoms. The molecule has 0 amide bonds. The number of hydrogen-bond acceptors (Lipinski definition) is 2. The summed E-state index contributed by atoms with van der Waals surface area (Å²) < 4.78 is 0. The third-order valence-electron chi connectivity index (χ3n) is 2.70. The Labute approximate surface area is 122 Å². The van der Waals surface area contributed by atoms with Crippen LogP contribution in [0, 0.1) is 13.8 Å². The molecule has 1 aromatic carbocycles. The van der Waals surface area contributed by atoms with Crippen LogP contribution in [0.1, 0.15) is 37.5 Å². The summed E-state index contributed by atoms with van der Waals surface area (Å²) in [7, 11) is 3.44. The lowest BCUT2D eigenvalue weighted by molar-refractivity contribution is 0.589. The maximum Gasteiger partial charge on any atom is 0.0499 e. The Morgan fingerprint density at radius 1 is 0.941 bits per heavy atom. The summed E-state index contributed by atoms with van der Waals surface area (Å²) in [5, 5.41) is 1.62. The Morgan fingerprint density at radius 2 is 1.35 bits per heavy atom. The molecular formula is C13H18Cl2S2. The quantitative estimate of drug-likeness (QED) is 0.590. The second-order valence-corrected chi connectivity index (χ2v) is 8.25. The molecule has 0 aromatic heterocycles. The van der Waals surface area contributed by atoms with Gasteiger partial charge in [-0.2, -0.15) is 0 Å². The van der Waals surface area contributed by atoms with E-state index >= 15 is 0 Å². The molecule has 0 aliphatic rings. The lowest BCUT2D eigenvalue weighted by atomic mass is 9.85. The van der Waals surface area contributed by atoms with Crippen LogP contribution in [-0.2, 0) is 5.41 Å². The number of hydrogen-bond donors (Lipinski definition) is 0. The van der Waals surface area contributed by atoms with Crippen LogP contribution in [0.5, 0.6) is 0 Å². The van der Waals surface area contributed by atoms with E-state index in [0.29, 0.717) is 0 Å². The molecule has 0 nitrogen and oxygen atoms in total. The first-order valence-corrected chi connectivity index (χ1v) is 8.72. The first kappa shape index (κ1) is 15.6. The van der Waals surface area contributed by atoms with E-state index in [0.717, 1.165) is 26.7 Å². The van der Waals surface area contributed by atoms with Crippen LogP contribution in [0.2, 0.25) is 10.0 Å². The fraction of sp³-hybridized carbons (Fsp3) is 0.538. The lowest BCUT2D eigenvalue weighted by Crippen LogP contribution is -2.14. The van der Waals surface area contributed by atoms with Crippen molar-refractivity contribution in [1.29, 1.82) is 0 Å². The van der Waals surface area contributed by atoms with Gasteiger partial charge in [0.25, 0.3) is 0 Å². The fourth-order valence-electron chi connectivity index (χ4n) is 1.82. The van der Waals surface area contributed by atoms with Crippen molar-refractivity contribution in [2.75, 3.05) is 6.26 Å². The molecule has 0 aliphatic carbocycles. The van der Waals surface area contributed by atoms with Crippen molar-refractivity contribution in [3.8, 4) is 0 Å². The molecule has 1 rings (SSSR count). The highest BCUT2D eigenvalue weighted by Gasteiger charge is 2.26. The topological polar surface area (TPSA) is 0 Å². The first-order valence-electron chi connectivity index (χ1n) is 5.41. The molecule has 0 bridgehead atoms. The van der Waals surface area contributed by atoms with E-state index in [-0.39, 0.29) is 5.41 Å². The van der Waals surface area contributed by atoms with Gasteiger partial charge in [0.15, 0.2) is 0 Å². The molecule has 0 radical (unpaired) electrons. The van der Waals surface area contributed by atoms with E-state index < -0.39 is 0 Å². The summed E-state index contributed by atoms with van der Waals surface area (Å²) in [5.41, 5.74) is 3.30. The highest BCUT2D eigenvalue weighted by atomic mass is 35.5. The number of benzene rings is 1. The largest absolute Gasteiger partial charge is 0.0924 e. The zero-order valence-corrected chi connectivity index (χ0v) is 14.2. The van der Waals surface area contributed by atoms with E-state index in [1.807, 2.05) is 0 Å². The van der Waals surface area contributed by atoms with Gasteiger partial charge in [0.1, 0.15) is 0 Å². The molecule has 1 aromatic rings. The molecular weight excluding hydrogens is 291 g/mol. The van der Waals surface area contributed by atoms with Crippen molar-refractivity contribution < 1.29 is 0 Å². The van der Waals surface area contributed by atoms with Gasteiger partial charge >= 0.3 is 0 Å². The predicted molar refractivity (Wildman–Crippen MR) is 84.0 cm³/mol. The smallest absolute Gasteiger partial charge is 0.0499 e. The SMILES string of the molecule is CSSc1c(C)c(Cl)c(C(C)(C)C)c(Cl)c1C. The van der Waals surface area contributed by atoms with E-state index in [2.05, 4.69) is 40.9 Å². The van der Waals surface area contributed by atoms with Crippen molar-refractivity contribution in [1.82, 2.24) is 0 Å². The zero-order chi connectivity index (χ0) is 13.4. The molecule has 17 heavy (non-hydrogen) atoms. The second-order valence-electron chi connectivity index (χ2n) is 5.08. The minimum Gasteiger partial charge on any atom is -0.0924 e. The predicted octanol–water partition coefficient (Wildman–Crippen LogP) is 6.28. The highest BCUT2D eigenvalue weighted by Crippen LogP contribution is 2.46. The molecule has 0 aliphatic heterocycles. The summed E-state index contributed by atoms with van der Waals surface area (Å²) in [5.74, 6) is 0. The van der Waals surface area contributed by atoms with Gasteiger partial charge in [-0.3, -0.25) is 0 Å². The van der Waals surface area contributed by atoms with Gasteiger partial charge < -0.3 is 0 Å². The van der Waals surface area contributed by atoms with E-state index in [4.69, 9.17) is 23.2 Å². The van der Waals surface area contributed by atoms with Crippen molar-refractivity contribution in [2.45, 2.75) is 44.9 Å². The Morgan fingerprint density at radius 3 is 1.65 bits per heavy atom. The monoisotopic (exact) mass is 308 g/mol. The summed E-state index contributed by atoms with van der Waals surface area (Å²) in [6, 6.07) is 0. The minimum absolute atomic E-state index is 0.0355. The van der Waals surface area contributed by atoms with Crippen LogP contribution >= 0.6 is 44.8 Å². The van der Waals surface area contributed by atoms with Crippen LogP contribution in [0.3, 0.4) is 0 Å². The molecule has 4 heteroatoms. The van der Waals surface area contributed by atoms with E-state index in [1.54, 1.807) is 21.6 Å². The second kappa shape index (κ2) is 5.64. The zero-order valence-electron chi connectivity index (χ0n) is 11.1. The van der Waals surface area contributed by atoms with Crippen molar-refractivity contribution in [2.24, 2.45) is 0 Å². The Bertz CT molecular complexity index is 405. The van der Waals surface area contributed by atoms with Gasteiger partial charge in [-0.05, 0) is 42.2 Å². The van der Waals surface area contributed by atoms with Gasteiger partial charge in [0, 0.05) is 14.9 Å². The third kappa shape index (κ3) is 3.09. The molecule has 0 saturated carbocycles. The standard InChI is InChI=1S/C13H18Cl2S2/c1-7-10(14)9(13(3,4)5)11(15)8(2)12(7)17-16-6/h1-6H3. The van der Waals surface area contributed by atoms with E-state index in [1.165, 1.54) is 4.90 Å². The number of halogens is 2. The van der Waals surface area contributed by atoms with Crippen molar-refractivity contribution in [3.05, 3.63) is 26.7 Å². The van der Waals surface area contributed by atoms with Crippen LogP contribution in [0.4, 0.5) is 0 Å². The maximum atomic E-state index is 6.49. The molecule has 0 N–H and O–H groups in total. The molecule has 0 atom stereocenters. The van der Waals surface area contributed by atoms with Gasteiger partial charge in [-0.1, -0.05) is 65.6 Å². The van der Waals surface area contributed by atoms with Crippen molar-refractivity contribution in [3.63, 3.8) is 0 Å².